The van der Waals surface area contributed by atoms with Crippen molar-refractivity contribution in [3.8, 4) is 5.75 Å². The number of carboxylic acid groups (broad SMARTS) is 1. The molecule has 0 amide bonds. The zero-order valence-electron chi connectivity index (χ0n) is 16.7. The van der Waals surface area contributed by atoms with Gasteiger partial charge in [0.2, 0.25) is 0 Å². The molecule has 1 N–H and O–H groups in total. The van der Waals surface area contributed by atoms with E-state index < -0.39 is 0 Å². The zero-order chi connectivity index (χ0) is 20.2. The Labute approximate surface area is 167 Å². The van der Waals surface area contributed by atoms with E-state index in [0.29, 0.717) is 19.8 Å². The molecule has 1 aromatic carbocycles. The Bertz CT molecular complexity index is 596. The van der Waals surface area contributed by atoms with Crippen LogP contribution in [0.1, 0.15) is 29.6 Å². The Hall–Kier alpha value is -1.96. The first-order chi connectivity index (χ1) is 13.7. The van der Waals surface area contributed by atoms with E-state index in [4.69, 9.17) is 19.4 Å². The molecule has 156 valence electrons. The summed E-state index contributed by atoms with van der Waals surface area (Å²) in [5, 5.41) is 6.89. The van der Waals surface area contributed by atoms with Gasteiger partial charge in [-0.1, -0.05) is 12.1 Å². The lowest BCUT2D eigenvalue weighted by Gasteiger charge is -2.32. The van der Waals surface area contributed by atoms with Crippen molar-refractivity contribution in [3.05, 3.63) is 29.8 Å². The first-order valence-corrected chi connectivity index (χ1v) is 9.98. The van der Waals surface area contributed by atoms with Gasteiger partial charge in [0.15, 0.2) is 5.78 Å². The number of nitrogens with zero attached hydrogens (tertiary/aromatic N) is 2. The van der Waals surface area contributed by atoms with E-state index >= 15 is 0 Å². The largest absolute Gasteiger partial charge is 0.493 e. The number of rotatable bonds is 7. The fourth-order valence-corrected chi connectivity index (χ4v) is 3.52. The summed E-state index contributed by atoms with van der Waals surface area (Å²) in [6.07, 6.45) is 2.62. The molecule has 3 rings (SSSR count). The van der Waals surface area contributed by atoms with Crippen LogP contribution in [0.15, 0.2) is 24.3 Å². The highest BCUT2D eigenvalue weighted by Crippen LogP contribution is 2.26. The SMILES string of the molecule is CN1CCN(CCCOc2ccccc2C(=O)C2CCOCC2)CC1.O=CO. The summed E-state index contributed by atoms with van der Waals surface area (Å²) in [6, 6.07) is 7.68. The van der Waals surface area contributed by atoms with Crippen molar-refractivity contribution < 1.29 is 24.2 Å². The van der Waals surface area contributed by atoms with Crippen LogP contribution in [-0.2, 0) is 9.53 Å². The summed E-state index contributed by atoms with van der Waals surface area (Å²) in [5.41, 5.74) is 0.731. The molecule has 0 atom stereocenters. The van der Waals surface area contributed by atoms with Crippen molar-refractivity contribution in [2.75, 3.05) is 59.6 Å². The summed E-state index contributed by atoms with van der Waals surface area (Å²) in [5.74, 6) is 1.01. The number of ether oxygens (including phenoxy) is 2. The number of benzene rings is 1. The normalized spacial score (nSPS) is 18.8. The predicted molar refractivity (Wildman–Crippen MR) is 107 cm³/mol. The van der Waals surface area contributed by atoms with Gasteiger partial charge in [-0.05, 0) is 38.4 Å². The molecule has 0 saturated carbocycles. The maximum atomic E-state index is 12.8. The van der Waals surface area contributed by atoms with Crippen molar-refractivity contribution in [2.24, 2.45) is 5.92 Å². The van der Waals surface area contributed by atoms with E-state index in [1.807, 2.05) is 24.3 Å². The minimum Gasteiger partial charge on any atom is -0.493 e. The molecule has 2 heterocycles. The molecule has 0 radical (unpaired) electrons. The average Bonchev–Trinajstić information content (AvgIpc) is 2.73. The number of para-hydroxylation sites is 1. The van der Waals surface area contributed by atoms with Gasteiger partial charge < -0.3 is 24.4 Å². The van der Waals surface area contributed by atoms with E-state index in [1.54, 1.807) is 0 Å². The standard InChI is InChI=1S/C20H30N2O3.CH2O2/c1-21-10-12-22(13-11-21)9-4-14-25-19-6-3-2-5-18(19)20(23)17-7-15-24-16-8-17;2-1-3/h2-3,5-6,17H,4,7-16H2,1H3;1H,(H,2,3). The summed E-state index contributed by atoms with van der Waals surface area (Å²) in [7, 11) is 2.17. The van der Waals surface area contributed by atoms with E-state index in [2.05, 4.69) is 16.8 Å². The van der Waals surface area contributed by atoms with Gasteiger partial charge in [0, 0.05) is 51.9 Å². The van der Waals surface area contributed by atoms with E-state index in [9.17, 15) is 4.79 Å². The number of Topliss-reactive ketones (excluding diaryl/α,β-unsaturated/α-hetero) is 1. The first kappa shape index (κ1) is 22.3. The summed E-state index contributed by atoms with van der Waals surface area (Å²) in [4.78, 5) is 26.0. The van der Waals surface area contributed by atoms with E-state index in [-0.39, 0.29) is 18.2 Å². The Morgan fingerprint density at radius 3 is 2.54 bits per heavy atom. The van der Waals surface area contributed by atoms with Crippen molar-refractivity contribution >= 4 is 12.3 Å². The van der Waals surface area contributed by atoms with Crippen molar-refractivity contribution in [2.45, 2.75) is 19.3 Å². The van der Waals surface area contributed by atoms with Gasteiger partial charge in [-0.25, -0.2) is 0 Å². The van der Waals surface area contributed by atoms with Crippen LogP contribution in [0.4, 0.5) is 0 Å². The summed E-state index contributed by atoms with van der Waals surface area (Å²) in [6.45, 7) is 7.39. The van der Waals surface area contributed by atoms with E-state index in [1.165, 1.54) is 0 Å². The number of hydrogen-bond donors (Lipinski definition) is 1. The lowest BCUT2D eigenvalue weighted by molar-refractivity contribution is -0.122. The number of hydrogen-bond acceptors (Lipinski definition) is 6. The highest BCUT2D eigenvalue weighted by Gasteiger charge is 2.25. The van der Waals surface area contributed by atoms with Crippen molar-refractivity contribution in [1.82, 2.24) is 9.80 Å². The van der Waals surface area contributed by atoms with Gasteiger partial charge in [0.25, 0.3) is 6.47 Å². The molecule has 1 aromatic rings. The van der Waals surface area contributed by atoms with Crippen LogP contribution in [0.2, 0.25) is 0 Å². The topological polar surface area (TPSA) is 79.3 Å². The monoisotopic (exact) mass is 392 g/mol. The molecule has 0 spiro atoms. The van der Waals surface area contributed by atoms with E-state index in [0.717, 1.165) is 63.3 Å². The number of carbonyl (C=O) groups excluding carboxylic acids is 1. The Morgan fingerprint density at radius 2 is 1.86 bits per heavy atom. The molecule has 0 bridgehead atoms. The molecule has 0 unspecified atom stereocenters. The third kappa shape index (κ3) is 7.22. The second-order valence-corrected chi connectivity index (χ2v) is 7.20. The number of ketones is 1. The zero-order valence-corrected chi connectivity index (χ0v) is 16.7. The van der Waals surface area contributed by atoms with Gasteiger partial charge >= 0.3 is 0 Å². The fourth-order valence-electron chi connectivity index (χ4n) is 3.52. The van der Waals surface area contributed by atoms with Crippen LogP contribution in [0.25, 0.3) is 0 Å². The quantitative estimate of drug-likeness (QED) is 0.432. The van der Waals surface area contributed by atoms with Crippen LogP contribution >= 0.6 is 0 Å². The maximum Gasteiger partial charge on any atom is 0.290 e. The van der Waals surface area contributed by atoms with Crippen LogP contribution in [0, 0.1) is 5.92 Å². The minimum atomic E-state index is -0.250. The Balaban J connectivity index is 0.000000878. The maximum absolute atomic E-state index is 12.8. The lowest BCUT2D eigenvalue weighted by Crippen LogP contribution is -2.44. The van der Waals surface area contributed by atoms with Gasteiger partial charge in [-0.15, -0.1) is 0 Å². The van der Waals surface area contributed by atoms with Gasteiger partial charge in [-0.3, -0.25) is 9.59 Å². The second kappa shape index (κ2) is 12.5. The smallest absolute Gasteiger partial charge is 0.290 e. The van der Waals surface area contributed by atoms with Gasteiger partial charge in [-0.2, -0.15) is 0 Å². The first-order valence-electron chi connectivity index (χ1n) is 9.98. The number of piperazine rings is 1. The molecule has 2 saturated heterocycles. The molecule has 2 aliphatic rings. The number of likely N-dealkylation sites (N-methyl/N-ethyl adjacent to an activating group) is 1. The van der Waals surface area contributed by atoms with Crippen LogP contribution in [-0.4, -0.2) is 86.8 Å². The number of carbonyl (C=O) groups is 2. The summed E-state index contributed by atoms with van der Waals surface area (Å²) >= 11 is 0. The van der Waals surface area contributed by atoms with Gasteiger partial charge in [0.1, 0.15) is 5.75 Å². The molecule has 2 aliphatic heterocycles. The fraction of sp³-hybridized carbons (Fsp3) is 0.619. The van der Waals surface area contributed by atoms with Crippen LogP contribution in [0.3, 0.4) is 0 Å². The molecular formula is C21H32N2O5. The third-order valence-electron chi connectivity index (χ3n) is 5.22. The Morgan fingerprint density at radius 1 is 1.21 bits per heavy atom. The molecule has 2 fully saturated rings. The van der Waals surface area contributed by atoms with Crippen LogP contribution < -0.4 is 4.74 Å². The molecule has 7 heteroatoms. The highest BCUT2D eigenvalue weighted by atomic mass is 16.5. The van der Waals surface area contributed by atoms with Crippen molar-refractivity contribution in [3.63, 3.8) is 0 Å². The molecule has 7 nitrogen and oxygen atoms in total. The average molecular weight is 392 g/mol. The van der Waals surface area contributed by atoms with Gasteiger partial charge in [0.05, 0.1) is 12.2 Å². The Kier molecular flexibility index (Phi) is 9.96. The second-order valence-electron chi connectivity index (χ2n) is 7.20. The van der Waals surface area contributed by atoms with Crippen molar-refractivity contribution in [1.29, 1.82) is 0 Å². The minimum absolute atomic E-state index is 0.0730. The molecule has 28 heavy (non-hydrogen) atoms. The lowest BCUT2D eigenvalue weighted by atomic mass is 9.90. The third-order valence-corrected chi connectivity index (χ3v) is 5.22. The highest BCUT2D eigenvalue weighted by molar-refractivity contribution is 6.00. The summed E-state index contributed by atoms with van der Waals surface area (Å²) < 4.78 is 11.3. The molecular weight excluding hydrogens is 360 g/mol. The predicted octanol–water partition coefficient (Wildman–Crippen LogP) is 2.01. The van der Waals surface area contributed by atoms with Crippen LogP contribution in [0.5, 0.6) is 5.75 Å². The molecule has 0 aliphatic carbocycles. The molecule has 0 aromatic heterocycles.